The molecule has 0 radical (unpaired) electrons. The lowest BCUT2D eigenvalue weighted by Crippen LogP contribution is -2.10. The first-order valence-electron chi connectivity index (χ1n) is 8.65. The van der Waals surface area contributed by atoms with Crippen LogP contribution in [0.25, 0.3) is 0 Å². The third kappa shape index (κ3) is 2.58. The van der Waals surface area contributed by atoms with Crippen molar-refractivity contribution in [1.29, 1.82) is 0 Å². The molecule has 3 aliphatic carbocycles. The summed E-state index contributed by atoms with van der Waals surface area (Å²) in [6.45, 7) is 19.2. The molecule has 0 aliphatic heterocycles. The Kier molecular flexibility index (Phi) is 3.99. The molecule has 3 rings (SSSR count). The van der Waals surface area contributed by atoms with Crippen molar-refractivity contribution in [3.05, 3.63) is 49.1 Å². The molecule has 0 heterocycles. The Bertz CT molecular complexity index is 458. The molecule has 5 unspecified atom stereocenters. The van der Waals surface area contributed by atoms with Crippen molar-refractivity contribution < 1.29 is 0 Å². The maximum atomic E-state index is 4.32. The quantitative estimate of drug-likeness (QED) is 0.560. The maximum Gasteiger partial charge on any atom is -0.0108 e. The van der Waals surface area contributed by atoms with Crippen molar-refractivity contribution in [2.75, 3.05) is 0 Å². The average Bonchev–Trinajstić information content (AvgIpc) is 3.07. The van der Waals surface area contributed by atoms with E-state index < -0.39 is 0 Å². The molecule has 0 nitrogen and oxygen atoms in total. The molecule has 0 aromatic heterocycles. The van der Waals surface area contributed by atoms with Crippen molar-refractivity contribution in [1.82, 2.24) is 0 Å². The van der Waals surface area contributed by atoms with Gasteiger partial charge in [-0.2, -0.15) is 0 Å². The van der Waals surface area contributed by atoms with Gasteiger partial charge in [-0.3, -0.25) is 0 Å². The molecule has 0 aromatic carbocycles. The largest absolute Gasteiger partial charge is 0.103 e. The molecule has 21 heavy (non-hydrogen) atoms. The zero-order valence-corrected chi connectivity index (χ0v) is 13.6. The minimum Gasteiger partial charge on any atom is -0.103 e. The topological polar surface area (TPSA) is 0 Å². The molecule has 3 saturated carbocycles. The van der Waals surface area contributed by atoms with Crippen LogP contribution in [-0.2, 0) is 0 Å². The Hall–Kier alpha value is -1.04. The lowest BCUT2D eigenvalue weighted by molar-refractivity contribution is 0.325. The SMILES string of the molecule is C=CCC(=C)C1CC(C2CC3C(=C)CC(=C)C3C2)CC1C. The number of allylic oxidation sites excluding steroid dienone is 4. The maximum absolute atomic E-state index is 4.32. The van der Waals surface area contributed by atoms with Gasteiger partial charge in [-0.05, 0) is 74.0 Å². The number of hydrogen-bond donors (Lipinski definition) is 0. The van der Waals surface area contributed by atoms with Crippen LogP contribution < -0.4 is 0 Å². The second kappa shape index (κ2) is 5.63. The van der Waals surface area contributed by atoms with Crippen molar-refractivity contribution >= 4 is 0 Å². The summed E-state index contributed by atoms with van der Waals surface area (Å²) in [4.78, 5) is 0. The molecule has 0 spiro atoms. The fourth-order valence-corrected chi connectivity index (χ4v) is 5.51. The lowest BCUT2D eigenvalue weighted by Gasteiger charge is -2.20. The summed E-state index contributed by atoms with van der Waals surface area (Å²) in [5, 5.41) is 0. The Morgan fingerprint density at radius 2 is 1.62 bits per heavy atom. The average molecular weight is 282 g/mol. The fourth-order valence-electron chi connectivity index (χ4n) is 5.51. The van der Waals surface area contributed by atoms with Gasteiger partial charge in [-0.25, -0.2) is 0 Å². The van der Waals surface area contributed by atoms with Crippen LogP contribution in [0, 0.1) is 35.5 Å². The summed E-state index contributed by atoms with van der Waals surface area (Å²) in [6.07, 6.45) is 9.60. The fraction of sp³-hybridized carbons (Fsp3) is 0.619. The van der Waals surface area contributed by atoms with E-state index in [0.717, 1.165) is 48.3 Å². The van der Waals surface area contributed by atoms with Crippen LogP contribution in [0.2, 0.25) is 0 Å². The highest BCUT2D eigenvalue weighted by atomic mass is 14.5. The third-order valence-corrected chi connectivity index (χ3v) is 6.62. The van der Waals surface area contributed by atoms with Crippen molar-refractivity contribution in [3.8, 4) is 0 Å². The predicted octanol–water partition coefficient (Wildman–Crippen LogP) is 5.94. The molecule has 3 fully saturated rings. The first kappa shape index (κ1) is 14.9. The lowest BCUT2D eigenvalue weighted by atomic mass is 9.85. The molecular formula is C21H30. The van der Waals surface area contributed by atoms with E-state index in [2.05, 4.69) is 33.2 Å². The van der Waals surface area contributed by atoms with Gasteiger partial charge in [0.2, 0.25) is 0 Å². The van der Waals surface area contributed by atoms with Gasteiger partial charge < -0.3 is 0 Å². The van der Waals surface area contributed by atoms with Crippen LogP contribution in [0.4, 0.5) is 0 Å². The number of rotatable bonds is 4. The summed E-state index contributed by atoms with van der Waals surface area (Å²) >= 11 is 0. The first-order chi connectivity index (χ1) is 10.0. The minimum absolute atomic E-state index is 0.722. The summed E-state index contributed by atoms with van der Waals surface area (Å²) < 4.78 is 0. The molecule has 5 atom stereocenters. The monoisotopic (exact) mass is 282 g/mol. The molecule has 3 aliphatic rings. The summed E-state index contributed by atoms with van der Waals surface area (Å²) in [7, 11) is 0. The molecular weight excluding hydrogens is 252 g/mol. The van der Waals surface area contributed by atoms with Gasteiger partial charge in [0, 0.05) is 0 Å². The van der Waals surface area contributed by atoms with Crippen LogP contribution >= 0.6 is 0 Å². The second-order valence-corrected chi connectivity index (χ2v) is 7.90. The number of fused-ring (bicyclic) bond motifs is 1. The van der Waals surface area contributed by atoms with E-state index in [0.29, 0.717) is 0 Å². The van der Waals surface area contributed by atoms with Crippen molar-refractivity contribution in [3.63, 3.8) is 0 Å². The van der Waals surface area contributed by atoms with E-state index in [9.17, 15) is 0 Å². The Labute approximate surface area is 130 Å². The smallest absolute Gasteiger partial charge is 0.0108 e. The third-order valence-electron chi connectivity index (χ3n) is 6.62. The van der Waals surface area contributed by atoms with E-state index in [-0.39, 0.29) is 0 Å². The van der Waals surface area contributed by atoms with E-state index in [4.69, 9.17) is 0 Å². The van der Waals surface area contributed by atoms with E-state index in [1.54, 1.807) is 0 Å². The first-order valence-corrected chi connectivity index (χ1v) is 8.65. The molecule has 0 amide bonds. The minimum atomic E-state index is 0.722. The van der Waals surface area contributed by atoms with E-state index in [1.807, 2.05) is 6.08 Å². The molecule has 0 saturated heterocycles. The summed E-state index contributed by atoms with van der Waals surface area (Å²) in [5.41, 5.74) is 4.34. The Morgan fingerprint density at radius 3 is 2.19 bits per heavy atom. The highest BCUT2D eigenvalue weighted by Gasteiger charge is 2.46. The molecule has 0 aromatic rings. The van der Waals surface area contributed by atoms with Gasteiger partial charge in [0.25, 0.3) is 0 Å². The zero-order valence-electron chi connectivity index (χ0n) is 13.6. The molecule has 114 valence electrons. The predicted molar refractivity (Wildman–Crippen MR) is 91.9 cm³/mol. The van der Waals surface area contributed by atoms with Gasteiger partial charge in [0.15, 0.2) is 0 Å². The Morgan fingerprint density at radius 1 is 1.05 bits per heavy atom. The van der Waals surface area contributed by atoms with Gasteiger partial charge in [0.1, 0.15) is 0 Å². The summed E-state index contributed by atoms with van der Waals surface area (Å²) in [5.74, 6) is 4.84. The Balaban J connectivity index is 1.65. The highest BCUT2D eigenvalue weighted by molar-refractivity contribution is 5.28. The van der Waals surface area contributed by atoms with Crippen LogP contribution in [0.5, 0.6) is 0 Å². The van der Waals surface area contributed by atoms with Crippen LogP contribution in [0.15, 0.2) is 49.1 Å². The van der Waals surface area contributed by atoms with E-state index in [1.165, 1.54) is 42.4 Å². The molecule has 0 bridgehead atoms. The van der Waals surface area contributed by atoms with Gasteiger partial charge in [-0.1, -0.05) is 49.5 Å². The second-order valence-electron chi connectivity index (χ2n) is 7.90. The van der Waals surface area contributed by atoms with Crippen molar-refractivity contribution in [2.45, 2.75) is 45.4 Å². The van der Waals surface area contributed by atoms with Gasteiger partial charge >= 0.3 is 0 Å². The zero-order chi connectivity index (χ0) is 15.1. The van der Waals surface area contributed by atoms with Crippen LogP contribution in [-0.4, -0.2) is 0 Å². The summed E-state index contributed by atoms with van der Waals surface area (Å²) in [6, 6.07) is 0. The normalized spacial score (nSPS) is 42.3. The number of hydrogen-bond acceptors (Lipinski definition) is 0. The van der Waals surface area contributed by atoms with Crippen LogP contribution in [0.3, 0.4) is 0 Å². The standard InChI is InChI=1S/C21H30/c1-6-7-13(2)19-10-17(9-16(19)5)18-11-20-14(3)8-15(4)21(20)12-18/h6,16-21H,1-4,7-12H2,5H3. The van der Waals surface area contributed by atoms with Crippen LogP contribution in [0.1, 0.15) is 45.4 Å². The highest BCUT2D eigenvalue weighted by Crippen LogP contribution is 2.56. The van der Waals surface area contributed by atoms with Crippen molar-refractivity contribution in [2.24, 2.45) is 35.5 Å². The van der Waals surface area contributed by atoms with Gasteiger partial charge in [-0.15, -0.1) is 6.58 Å². The molecule has 0 heteroatoms. The van der Waals surface area contributed by atoms with Gasteiger partial charge in [0.05, 0.1) is 0 Å². The molecule has 0 N–H and O–H groups in total. The van der Waals surface area contributed by atoms with E-state index >= 15 is 0 Å².